The highest BCUT2D eigenvalue weighted by atomic mass is 16.5. The number of carbonyl (C=O) groups excluding carboxylic acids is 1. The number of H-pyrrole nitrogens is 1. The van der Waals surface area contributed by atoms with E-state index in [1.807, 2.05) is 49.5 Å². The molecule has 1 aromatic heterocycles. The molecule has 0 saturated carbocycles. The largest absolute Gasteiger partial charge is 0.508 e. The number of phenols is 1. The fourth-order valence-electron chi connectivity index (χ4n) is 3.84. The molecule has 1 unspecified atom stereocenters. The number of phenolic OH excluding ortho intramolecular Hbond substituents is 1. The second-order valence-electron chi connectivity index (χ2n) is 7.61. The number of nitrogens with one attached hydrogen (secondary N) is 2. The van der Waals surface area contributed by atoms with E-state index in [0.717, 1.165) is 27.6 Å². The van der Waals surface area contributed by atoms with Crippen molar-refractivity contribution in [3.8, 4) is 22.6 Å². The standard InChI is InChI=1S/C26H26N2O4/c1-2-32-25-11-10-18(17-6-5-7-21(30)13-17)14-23(25)26(31)28-20(16-29)12-19-15-27-24-9-4-3-8-22(19)24/h3-11,13-15,20,27,29-30H,2,12,16H2,1H3,(H,28,31). The number of carbonyl (C=O) groups is 1. The Bertz CT molecular complexity index is 1230. The van der Waals surface area contributed by atoms with E-state index in [-0.39, 0.29) is 18.3 Å². The summed E-state index contributed by atoms with van der Waals surface area (Å²) >= 11 is 0. The quantitative estimate of drug-likeness (QED) is 0.336. The molecule has 4 aromatic rings. The van der Waals surface area contributed by atoms with Crippen molar-refractivity contribution in [3.05, 3.63) is 84.1 Å². The lowest BCUT2D eigenvalue weighted by Crippen LogP contribution is -2.39. The zero-order valence-corrected chi connectivity index (χ0v) is 17.8. The third kappa shape index (κ3) is 4.60. The smallest absolute Gasteiger partial charge is 0.255 e. The molecule has 4 N–H and O–H groups in total. The maximum Gasteiger partial charge on any atom is 0.255 e. The van der Waals surface area contributed by atoms with E-state index in [1.165, 1.54) is 0 Å². The highest BCUT2D eigenvalue weighted by molar-refractivity contribution is 5.98. The molecule has 0 fully saturated rings. The number of fused-ring (bicyclic) bond motifs is 1. The first kappa shape index (κ1) is 21.5. The fraction of sp³-hybridized carbons (Fsp3) is 0.192. The summed E-state index contributed by atoms with van der Waals surface area (Å²) in [4.78, 5) is 16.4. The van der Waals surface area contributed by atoms with Gasteiger partial charge in [-0.25, -0.2) is 0 Å². The Hall–Kier alpha value is -3.77. The van der Waals surface area contributed by atoms with Crippen LogP contribution in [-0.4, -0.2) is 40.4 Å². The first-order valence-electron chi connectivity index (χ1n) is 10.6. The van der Waals surface area contributed by atoms with E-state index in [2.05, 4.69) is 10.3 Å². The molecule has 0 spiro atoms. The number of rotatable bonds is 8. The number of aromatic amines is 1. The number of hydrogen-bond donors (Lipinski definition) is 4. The van der Waals surface area contributed by atoms with Crippen LogP contribution >= 0.6 is 0 Å². The van der Waals surface area contributed by atoms with Gasteiger partial charge in [0, 0.05) is 17.1 Å². The average Bonchev–Trinajstić information content (AvgIpc) is 3.22. The Morgan fingerprint density at radius 3 is 2.66 bits per heavy atom. The summed E-state index contributed by atoms with van der Waals surface area (Å²) in [5.74, 6) is 0.300. The van der Waals surface area contributed by atoms with Gasteiger partial charge in [-0.3, -0.25) is 4.79 Å². The van der Waals surface area contributed by atoms with Crippen molar-refractivity contribution < 1.29 is 19.7 Å². The zero-order chi connectivity index (χ0) is 22.5. The van der Waals surface area contributed by atoms with Crippen molar-refractivity contribution >= 4 is 16.8 Å². The van der Waals surface area contributed by atoms with Crippen LogP contribution in [0.2, 0.25) is 0 Å². The highest BCUT2D eigenvalue weighted by Crippen LogP contribution is 2.29. The van der Waals surface area contributed by atoms with Gasteiger partial charge in [-0.1, -0.05) is 36.4 Å². The Kier molecular flexibility index (Phi) is 6.42. The van der Waals surface area contributed by atoms with Crippen molar-refractivity contribution in [1.29, 1.82) is 0 Å². The minimum absolute atomic E-state index is 0.154. The predicted molar refractivity (Wildman–Crippen MR) is 125 cm³/mol. The molecule has 1 heterocycles. The number of hydrogen-bond acceptors (Lipinski definition) is 4. The lowest BCUT2D eigenvalue weighted by molar-refractivity contribution is 0.0913. The van der Waals surface area contributed by atoms with E-state index in [4.69, 9.17) is 4.74 Å². The molecule has 1 amide bonds. The van der Waals surface area contributed by atoms with Crippen molar-refractivity contribution in [2.75, 3.05) is 13.2 Å². The molecule has 0 aliphatic carbocycles. The van der Waals surface area contributed by atoms with E-state index >= 15 is 0 Å². The third-order valence-electron chi connectivity index (χ3n) is 5.40. The summed E-state index contributed by atoms with van der Waals surface area (Å²) in [6, 6.07) is 19.7. The Balaban J connectivity index is 1.59. The molecule has 3 aromatic carbocycles. The summed E-state index contributed by atoms with van der Waals surface area (Å²) in [6.07, 6.45) is 2.40. The van der Waals surface area contributed by atoms with Crippen LogP contribution < -0.4 is 10.1 Å². The molecule has 6 nitrogen and oxygen atoms in total. The number of amides is 1. The normalized spacial score (nSPS) is 11.9. The van der Waals surface area contributed by atoms with Crippen molar-refractivity contribution in [2.45, 2.75) is 19.4 Å². The van der Waals surface area contributed by atoms with Crippen LogP contribution in [0.25, 0.3) is 22.0 Å². The van der Waals surface area contributed by atoms with Crippen LogP contribution in [0.3, 0.4) is 0 Å². The van der Waals surface area contributed by atoms with Crippen LogP contribution in [0.15, 0.2) is 72.9 Å². The van der Waals surface area contributed by atoms with Crippen LogP contribution in [0.4, 0.5) is 0 Å². The first-order chi connectivity index (χ1) is 15.6. The molecular formula is C26H26N2O4. The van der Waals surface area contributed by atoms with Crippen LogP contribution in [0.1, 0.15) is 22.8 Å². The Morgan fingerprint density at radius 1 is 1.06 bits per heavy atom. The van der Waals surface area contributed by atoms with Crippen LogP contribution in [-0.2, 0) is 6.42 Å². The monoisotopic (exact) mass is 430 g/mol. The number of aromatic hydroxyl groups is 1. The maximum atomic E-state index is 13.2. The van der Waals surface area contributed by atoms with Gasteiger partial charge in [-0.05, 0) is 60.4 Å². The maximum absolute atomic E-state index is 13.2. The molecule has 0 aliphatic heterocycles. The van der Waals surface area contributed by atoms with Crippen molar-refractivity contribution in [3.63, 3.8) is 0 Å². The molecule has 0 bridgehead atoms. The Labute approximate surface area is 186 Å². The van der Waals surface area contributed by atoms with Crippen molar-refractivity contribution in [1.82, 2.24) is 10.3 Å². The van der Waals surface area contributed by atoms with Gasteiger partial charge in [0.2, 0.25) is 0 Å². The van der Waals surface area contributed by atoms with Crippen LogP contribution in [0, 0.1) is 0 Å². The second-order valence-corrected chi connectivity index (χ2v) is 7.61. The third-order valence-corrected chi connectivity index (χ3v) is 5.40. The number of benzene rings is 3. The van der Waals surface area contributed by atoms with E-state index < -0.39 is 6.04 Å². The highest BCUT2D eigenvalue weighted by Gasteiger charge is 2.19. The van der Waals surface area contributed by atoms with Gasteiger partial charge >= 0.3 is 0 Å². The minimum Gasteiger partial charge on any atom is -0.508 e. The number of aliphatic hydroxyl groups is 1. The van der Waals surface area contributed by atoms with E-state index in [9.17, 15) is 15.0 Å². The number of ether oxygens (including phenoxy) is 1. The van der Waals surface area contributed by atoms with Crippen molar-refractivity contribution in [2.24, 2.45) is 0 Å². The molecule has 164 valence electrons. The predicted octanol–water partition coefficient (Wildman–Crippen LogP) is 4.27. The summed E-state index contributed by atoms with van der Waals surface area (Å²) in [5.41, 5.74) is 4.00. The van der Waals surface area contributed by atoms with E-state index in [0.29, 0.717) is 24.3 Å². The van der Waals surface area contributed by atoms with Crippen LogP contribution in [0.5, 0.6) is 11.5 Å². The van der Waals surface area contributed by atoms with Gasteiger partial charge in [0.15, 0.2) is 0 Å². The lowest BCUT2D eigenvalue weighted by Gasteiger charge is -2.18. The fourth-order valence-corrected chi connectivity index (χ4v) is 3.84. The zero-order valence-electron chi connectivity index (χ0n) is 17.8. The van der Waals surface area contributed by atoms with Gasteiger partial charge in [0.05, 0.1) is 24.8 Å². The average molecular weight is 431 g/mol. The van der Waals surface area contributed by atoms with E-state index in [1.54, 1.807) is 30.3 Å². The molecule has 4 rings (SSSR count). The SMILES string of the molecule is CCOc1ccc(-c2cccc(O)c2)cc1C(=O)NC(CO)Cc1c[nH]c2ccccc12. The summed E-state index contributed by atoms with van der Waals surface area (Å²) in [7, 11) is 0. The molecule has 6 heteroatoms. The topological polar surface area (TPSA) is 94.6 Å². The molecule has 0 saturated heterocycles. The molecule has 1 atom stereocenters. The van der Waals surface area contributed by atoms with Gasteiger partial charge < -0.3 is 25.3 Å². The molecule has 0 aliphatic rings. The first-order valence-corrected chi connectivity index (χ1v) is 10.6. The lowest BCUT2D eigenvalue weighted by atomic mass is 10.0. The minimum atomic E-state index is -0.458. The number of aliphatic hydroxyl groups excluding tert-OH is 1. The molecule has 0 radical (unpaired) electrons. The molecular weight excluding hydrogens is 404 g/mol. The molecule has 32 heavy (non-hydrogen) atoms. The summed E-state index contributed by atoms with van der Waals surface area (Å²) < 4.78 is 5.67. The van der Waals surface area contributed by atoms with Gasteiger partial charge in [0.1, 0.15) is 11.5 Å². The number of para-hydroxylation sites is 1. The van der Waals surface area contributed by atoms with Gasteiger partial charge in [-0.15, -0.1) is 0 Å². The summed E-state index contributed by atoms with van der Waals surface area (Å²) in [5, 5.41) is 23.8. The van der Waals surface area contributed by atoms with Gasteiger partial charge in [0.25, 0.3) is 5.91 Å². The van der Waals surface area contributed by atoms with Gasteiger partial charge in [-0.2, -0.15) is 0 Å². The number of aromatic nitrogens is 1. The Morgan fingerprint density at radius 2 is 1.88 bits per heavy atom. The summed E-state index contributed by atoms with van der Waals surface area (Å²) in [6.45, 7) is 2.09. The second kappa shape index (κ2) is 9.58.